The minimum absolute atomic E-state index is 0.0392. The number of hydrogen-bond donors (Lipinski definition) is 0. The first kappa shape index (κ1) is 13.4. The Kier molecular flexibility index (Phi) is 3.95. The lowest BCUT2D eigenvalue weighted by Crippen LogP contribution is -2.29. The van der Waals surface area contributed by atoms with E-state index in [4.69, 9.17) is 9.15 Å². The van der Waals surface area contributed by atoms with Gasteiger partial charge in [-0.05, 0) is 18.2 Å². The molecule has 1 amide bonds. The van der Waals surface area contributed by atoms with Gasteiger partial charge in [-0.1, -0.05) is 0 Å². The van der Waals surface area contributed by atoms with Crippen LogP contribution in [-0.4, -0.2) is 40.0 Å². The molecule has 6 heteroatoms. The van der Waals surface area contributed by atoms with Gasteiger partial charge in [0.25, 0.3) is 0 Å². The summed E-state index contributed by atoms with van der Waals surface area (Å²) in [6, 6.07) is 3.58. The Hall–Kier alpha value is -2.63. The predicted molar refractivity (Wildman–Crippen MR) is 75.4 cm³/mol. The molecule has 1 atom stereocenters. The molecule has 0 aliphatic carbocycles. The highest BCUT2D eigenvalue weighted by Crippen LogP contribution is 2.16. The predicted octanol–water partition coefficient (Wildman–Crippen LogP) is 1.76. The number of hydrogen-bond acceptors (Lipinski definition) is 5. The molecular weight excluding hydrogens is 270 g/mol. The van der Waals surface area contributed by atoms with Gasteiger partial charge in [-0.15, -0.1) is 0 Å². The van der Waals surface area contributed by atoms with E-state index in [0.717, 1.165) is 6.42 Å². The second-order valence-corrected chi connectivity index (χ2v) is 4.71. The van der Waals surface area contributed by atoms with Crippen LogP contribution in [0.5, 0.6) is 5.88 Å². The summed E-state index contributed by atoms with van der Waals surface area (Å²) < 4.78 is 10.8. The average Bonchev–Trinajstić information content (AvgIpc) is 3.17. The molecular formula is C15H15N3O3. The molecule has 0 saturated carbocycles. The molecule has 0 bridgehead atoms. The first-order valence-corrected chi connectivity index (χ1v) is 6.74. The maximum absolute atomic E-state index is 12.1. The highest BCUT2D eigenvalue weighted by Gasteiger charge is 2.26. The number of aromatic nitrogens is 2. The van der Waals surface area contributed by atoms with Gasteiger partial charge >= 0.3 is 0 Å². The third kappa shape index (κ3) is 3.47. The summed E-state index contributed by atoms with van der Waals surface area (Å²) in [5.41, 5.74) is 0. The number of carbonyl (C=O) groups excluding carboxylic acids is 1. The van der Waals surface area contributed by atoms with Gasteiger partial charge in [-0.25, -0.2) is 4.98 Å². The van der Waals surface area contributed by atoms with Gasteiger partial charge in [0.1, 0.15) is 11.9 Å². The summed E-state index contributed by atoms with van der Waals surface area (Å²) in [6.07, 6.45) is 10.3. The van der Waals surface area contributed by atoms with E-state index in [1.165, 1.54) is 6.08 Å². The van der Waals surface area contributed by atoms with Gasteiger partial charge in [0.15, 0.2) is 0 Å². The van der Waals surface area contributed by atoms with E-state index in [9.17, 15) is 4.79 Å². The van der Waals surface area contributed by atoms with E-state index in [0.29, 0.717) is 24.7 Å². The Morgan fingerprint density at radius 2 is 2.43 bits per heavy atom. The molecule has 0 N–H and O–H groups in total. The normalized spacial score (nSPS) is 18.3. The van der Waals surface area contributed by atoms with Crippen LogP contribution in [0.25, 0.3) is 6.08 Å². The SMILES string of the molecule is O=C(/C=C/c1ccco1)N1CCC(Oc2cnccn2)C1. The summed E-state index contributed by atoms with van der Waals surface area (Å²) in [4.78, 5) is 21.8. The Bertz CT molecular complexity index is 610. The largest absolute Gasteiger partial charge is 0.471 e. The second-order valence-electron chi connectivity index (χ2n) is 4.71. The minimum Gasteiger partial charge on any atom is -0.471 e. The van der Waals surface area contributed by atoms with Crippen molar-refractivity contribution in [2.45, 2.75) is 12.5 Å². The van der Waals surface area contributed by atoms with Crippen LogP contribution >= 0.6 is 0 Å². The van der Waals surface area contributed by atoms with Crippen molar-refractivity contribution in [3.63, 3.8) is 0 Å². The standard InChI is InChI=1S/C15H15N3O3/c19-15(4-3-12-2-1-9-20-12)18-8-5-13(11-18)21-14-10-16-6-7-17-14/h1-4,6-7,9-10,13H,5,8,11H2/b4-3+. The maximum atomic E-state index is 12.1. The molecule has 1 saturated heterocycles. The monoisotopic (exact) mass is 285 g/mol. The van der Waals surface area contributed by atoms with Crippen molar-refractivity contribution in [3.05, 3.63) is 48.8 Å². The molecule has 1 aliphatic rings. The van der Waals surface area contributed by atoms with Gasteiger partial charge < -0.3 is 14.1 Å². The summed E-state index contributed by atoms with van der Waals surface area (Å²) >= 11 is 0. The molecule has 3 heterocycles. The minimum atomic E-state index is -0.0448. The van der Waals surface area contributed by atoms with E-state index in [1.54, 1.807) is 48.0 Å². The summed E-state index contributed by atoms with van der Waals surface area (Å²) in [5, 5.41) is 0. The number of rotatable bonds is 4. The molecule has 1 unspecified atom stereocenters. The molecule has 0 radical (unpaired) electrons. The molecule has 0 spiro atoms. The fourth-order valence-electron chi connectivity index (χ4n) is 2.19. The summed E-state index contributed by atoms with van der Waals surface area (Å²) in [7, 11) is 0. The second kappa shape index (κ2) is 6.21. The highest BCUT2D eigenvalue weighted by molar-refractivity contribution is 5.91. The number of likely N-dealkylation sites (tertiary alicyclic amines) is 1. The first-order chi connectivity index (χ1) is 10.3. The molecule has 6 nitrogen and oxygen atoms in total. The van der Waals surface area contributed by atoms with Crippen molar-refractivity contribution in [3.8, 4) is 5.88 Å². The van der Waals surface area contributed by atoms with Crippen molar-refractivity contribution in [1.29, 1.82) is 0 Å². The zero-order chi connectivity index (χ0) is 14.5. The van der Waals surface area contributed by atoms with Gasteiger partial charge in [-0.2, -0.15) is 0 Å². The fourth-order valence-corrected chi connectivity index (χ4v) is 2.19. The molecule has 2 aromatic rings. The van der Waals surface area contributed by atoms with Gasteiger partial charge in [0.05, 0.1) is 19.0 Å². The quantitative estimate of drug-likeness (QED) is 0.801. The first-order valence-electron chi connectivity index (χ1n) is 6.74. The Balaban J connectivity index is 1.53. The van der Waals surface area contributed by atoms with Crippen molar-refractivity contribution in [1.82, 2.24) is 14.9 Å². The van der Waals surface area contributed by atoms with E-state index >= 15 is 0 Å². The molecule has 2 aromatic heterocycles. The van der Waals surface area contributed by atoms with Crippen molar-refractivity contribution < 1.29 is 13.9 Å². The fraction of sp³-hybridized carbons (Fsp3) is 0.267. The van der Waals surface area contributed by atoms with Gasteiger partial charge in [0.2, 0.25) is 11.8 Å². The summed E-state index contributed by atoms with van der Waals surface area (Å²) in [5.74, 6) is 1.11. The van der Waals surface area contributed by atoms with Crippen LogP contribution in [-0.2, 0) is 4.79 Å². The molecule has 1 aliphatic heterocycles. The smallest absolute Gasteiger partial charge is 0.246 e. The third-order valence-corrected chi connectivity index (χ3v) is 3.22. The van der Waals surface area contributed by atoms with Crippen LogP contribution in [0.1, 0.15) is 12.2 Å². The van der Waals surface area contributed by atoms with Crippen LogP contribution in [0, 0.1) is 0 Å². The zero-order valence-corrected chi connectivity index (χ0v) is 11.4. The molecule has 0 aromatic carbocycles. The zero-order valence-electron chi connectivity index (χ0n) is 11.4. The lowest BCUT2D eigenvalue weighted by Gasteiger charge is -2.14. The van der Waals surface area contributed by atoms with E-state index < -0.39 is 0 Å². The van der Waals surface area contributed by atoms with Crippen LogP contribution in [0.3, 0.4) is 0 Å². The van der Waals surface area contributed by atoms with Gasteiger partial charge in [-0.3, -0.25) is 9.78 Å². The molecule has 108 valence electrons. The topological polar surface area (TPSA) is 68.5 Å². The van der Waals surface area contributed by atoms with Crippen molar-refractivity contribution >= 4 is 12.0 Å². The lowest BCUT2D eigenvalue weighted by molar-refractivity contribution is -0.125. The average molecular weight is 285 g/mol. The molecule has 1 fully saturated rings. The number of amides is 1. The summed E-state index contributed by atoms with van der Waals surface area (Å²) in [6.45, 7) is 1.23. The Morgan fingerprint density at radius 3 is 3.19 bits per heavy atom. The van der Waals surface area contributed by atoms with E-state index in [2.05, 4.69) is 9.97 Å². The van der Waals surface area contributed by atoms with Crippen LogP contribution in [0.2, 0.25) is 0 Å². The van der Waals surface area contributed by atoms with E-state index in [-0.39, 0.29) is 12.0 Å². The number of ether oxygens (including phenoxy) is 1. The third-order valence-electron chi connectivity index (χ3n) is 3.22. The van der Waals surface area contributed by atoms with Crippen molar-refractivity contribution in [2.24, 2.45) is 0 Å². The van der Waals surface area contributed by atoms with Crippen LogP contribution in [0.4, 0.5) is 0 Å². The maximum Gasteiger partial charge on any atom is 0.246 e. The van der Waals surface area contributed by atoms with E-state index in [1.807, 2.05) is 0 Å². The highest BCUT2D eigenvalue weighted by atomic mass is 16.5. The Morgan fingerprint density at radius 1 is 1.48 bits per heavy atom. The van der Waals surface area contributed by atoms with Crippen LogP contribution in [0.15, 0.2) is 47.5 Å². The van der Waals surface area contributed by atoms with Crippen molar-refractivity contribution in [2.75, 3.05) is 13.1 Å². The number of carbonyl (C=O) groups is 1. The molecule has 21 heavy (non-hydrogen) atoms. The number of furan rings is 1. The lowest BCUT2D eigenvalue weighted by atomic mass is 10.3. The molecule has 3 rings (SSSR count). The Labute approximate surface area is 122 Å². The van der Waals surface area contributed by atoms with Gasteiger partial charge in [0, 0.05) is 31.4 Å². The number of nitrogens with zero attached hydrogens (tertiary/aromatic N) is 3. The van der Waals surface area contributed by atoms with Crippen LogP contribution < -0.4 is 4.74 Å².